The molecule has 4 aromatic rings. The number of thioether (sulfide) groups is 1. The van der Waals surface area contributed by atoms with E-state index < -0.39 is 5.82 Å². The average molecular weight is 638 g/mol. The molecular formula is C30H29ClFN7O2S2. The third-order valence-electron chi connectivity index (χ3n) is 9.14. The Labute approximate surface area is 260 Å². The fourth-order valence-electron chi connectivity index (χ4n) is 7.17. The van der Waals surface area contributed by atoms with Crippen LogP contribution in [0.3, 0.4) is 0 Å². The second kappa shape index (κ2) is 10.6. The number of anilines is 2. The maximum atomic E-state index is 15.0. The molecule has 0 amide bonds. The first-order valence-electron chi connectivity index (χ1n) is 14.6. The molecule has 6 heterocycles. The van der Waals surface area contributed by atoms with Gasteiger partial charge in [0.05, 0.1) is 39.6 Å². The number of hydrogen-bond acceptors (Lipinski definition) is 10. The molecule has 8 rings (SSSR count). The van der Waals surface area contributed by atoms with Crippen LogP contribution in [0.25, 0.3) is 32.1 Å². The number of piperazine rings is 1. The number of nitriles is 1. The molecule has 222 valence electrons. The van der Waals surface area contributed by atoms with Crippen molar-refractivity contribution < 1.29 is 9.13 Å². The molecule has 0 aliphatic carbocycles. The quantitative estimate of drug-likeness (QED) is 0.291. The molecule has 4 N–H and O–H groups in total. The summed E-state index contributed by atoms with van der Waals surface area (Å²) in [4.78, 5) is 21.7. The molecule has 2 bridgehead atoms. The summed E-state index contributed by atoms with van der Waals surface area (Å²) in [5.74, 6) is 0.786. The van der Waals surface area contributed by atoms with Gasteiger partial charge in [-0.1, -0.05) is 17.7 Å². The van der Waals surface area contributed by atoms with Crippen LogP contribution in [0.4, 0.5) is 15.2 Å². The van der Waals surface area contributed by atoms with Gasteiger partial charge in [-0.15, -0.1) is 23.1 Å². The molecule has 9 nitrogen and oxygen atoms in total. The molecule has 2 aromatic carbocycles. The van der Waals surface area contributed by atoms with Gasteiger partial charge in [0.2, 0.25) is 0 Å². The van der Waals surface area contributed by atoms with E-state index in [-0.39, 0.29) is 28.4 Å². The highest BCUT2D eigenvalue weighted by Crippen LogP contribution is 2.51. The number of hydrogen-bond donors (Lipinski definition) is 3. The van der Waals surface area contributed by atoms with Gasteiger partial charge in [-0.3, -0.25) is 4.57 Å². The Morgan fingerprint density at radius 3 is 2.81 bits per heavy atom. The smallest absolute Gasteiger partial charge is 0.350 e. The van der Waals surface area contributed by atoms with E-state index in [1.807, 2.05) is 6.07 Å². The molecule has 0 spiro atoms. The second-order valence-corrected chi connectivity index (χ2v) is 14.2. The summed E-state index contributed by atoms with van der Waals surface area (Å²) in [5, 5.41) is 18.9. The van der Waals surface area contributed by atoms with E-state index in [1.54, 1.807) is 22.4 Å². The van der Waals surface area contributed by atoms with Gasteiger partial charge in [0.15, 0.2) is 0 Å². The van der Waals surface area contributed by atoms with Crippen molar-refractivity contribution in [3.8, 4) is 17.2 Å². The third kappa shape index (κ3) is 4.43. The van der Waals surface area contributed by atoms with Crippen molar-refractivity contribution in [1.29, 1.82) is 5.26 Å². The van der Waals surface area contributed by atoms with Crippen molar-refractivity contribution in [2.45, 2.75) is 48.4 Å². The van der Waals surface area contributed by atoms with Crippen molar-refractivity contribution in [2.24, 2.45) is 0 Å². The number of nitrogens with zero attached hydrogens (tertiary/aromatic N) is 4. The number of fused-ring (bicyclic) bond motifs is 3. The number of nitrogens with one attached hydrogen (secondary N) is 2. The number of thiophene rings is 1. The third-order valence-corrected chi connectivity index (χ3v) is 11.7. The van der Waals surface area contributed by atoms with Gasteiger partial charge in [0, 0.05) is 58.7 Å². The van der Waals surface area contributed by atoms with E-state index in [2.05, 4.69) is 21.6 Å². The maximum Gasteiger partial charge on any atom is 0.350 e. The van der Waals surface area contributed by atoms with Gasteiger partial charge in [-0.25, -0.2) is 9.18 Å². The molecule has 0 radical (unpaired) electrons. The molecule has 43 heavy (non-hydrogen) atoms. The number of nitrogen functional groups attached to an aromatic ring is 1. The van der Waals surface area contributed by atoms with Gasteiger partial charge in [0.1, 0.15) is 22.7 Å². The van der Waals surface area contributed by atoms with Crippen molar-refractivity contribution >= 4 is 66.5 Å². The summed E-state index contributed by atoms with van der Waals surface area (Å²) in [6, 6.07) is 7.61. The minimum atomic E-state index is -0.439. The Morgan fingerprint density at radius 1 is 1.26 bits per heavy atom. The van der Waals surface area contributed by atoms with Crippen LogP contribution in [0.2, 0.25) is 5.02 Å². The number of rotatable bonds is 5. The van der Waals surface area contributed by atoms with Crippen LogP contribution in [0.15, 0.2) is 27.9 Å². The lowest BCUT2D eigenvalue weighted by molar-refractivity contribution is 0.0480. The van der Waals surface area contributed by atoms with Crippen LogP contribution < -0.4 is 27.0 Å². The molecule has 4 aliphatic rings. The van der Waals surface area contributed by atoms with Crippen LogP contribution >= 0.6 is 34.7 Å². The fraction of sp³-hybridized carbons (Fsp3) is 0.433. The van der Waals surface area contributed by atoms with E-state index in [9.17, 15) is 14.4 Å². The highest BCUT2D eigenvalue weighted by Gasteiger charge is 2.36. The topological polar surface area (TPSA) is 121 Å². The first-order valence-corrected chi connectivity index (χ1v) is 16.7. The zero-order chi connectivity index (χ0) is 29.4. The van der Waals surface area contributed by atoms with Crippen molar-refractivity contribution in [3.63, 3.8) is 0 Å². The second-order valence-electron chi connectivity index (χ2n) is 11.8. The van der Waals surface area contributed by atoms with Gasteiger partial charge >= 0.3 is 5.69 Å². The van der Waals surface area contributed by atoms with Gasteiger partial charge < -0.3 is 26.0 Å². The summed E-state index contributed by atoms with van der Waals surface area (Å²) < 4.78 is 23.4. The molecule has 4 aliphatic heterocycles. The molecule has 3 unspecified atom stereocenters. The van der Waals surface area contributed by atoms with Crippen LogP contribution in [0, 0.1) is 17.1 Å². The normalized spacial score (nSPS) is 24.7. The van der Waals surface area contributed by atoms with Crippen LogP contribution in [-0.4, -0.2) is 66.3 Å². The molecule has 2 aromatic heterocycles. The lowest BCUT2D eigenvalue weighted by Crippen LogP contribution is -2.52. The van der Waals surface area contributed by atoms with Crippen molar-refractivity contribution in [3.05, 3.63) is 45.1 Å². The van der Waals surface area contributed by atoms with E-state index >= 15 is 0 Å². The van der Waals surface area contributed by atoms with Crippen LogP contribution in [0.1, 0.15) is 30.9 Å². The van der Waals surface area contributed by atoms with E-state index in [4.69, 9.17) is 27.1 Å². The van der Waals surface area contributed by atoms with Gasteiger partial charge in [-0.05, 0) is 43.5 Å². The molecular weight excluding hydrogens is 609 g/mol. The van der Waals surface area contributed by atoms with E-state index in [0.29, 0.717) is 56.5 Å². The number of nitrogens with two attached hydrogens (primary N) is 1. The van der Waals surface area contributed by atoms with Gasteiger partial charge in [-0.2, -0.15) is 10.2 Å². The summed E-state index contributed by atoms with van der Waals surface area (Å²) in [7, 11) is 0. The summed E-state index contributed by atoms with van der Waals surface area (Å²) in [6.45, 7) is 3.65. The fourth-order valence-corrected chi connectivity index (χ4v) is 9.79. The number of benzene rings is 2. The summed E-state index contributed by atoms with van der Waals surface area (Å²) in [5.41, 5.74) is 8.15. The SMILES string of the molecule is N#Cc1c(N)sc2c(F)ccc(-c3c(Cl)cc4c(N5CC6CCC(C5)N6)nc(=O)n5c4c3SC[C@@H]5COC3CCNC3)c12. The summed E-state index contributed by atoms with van der Waals surface area (Å²) in [6.07, 6.45) is 3.25. The number of ether oxygens (including phenoxy) is 1. The highest BCUT2D eigenvalue weighted by molar-refractivity contribution is 7.99. The van der Waals surface area contributed by atoms with E-state index in [1.165, 1.54) is 6.07 Å². The zero-order valence-electron chi connectivity index (χ0n) is 23.2. The Kier molecular flexibility index (Phi) is 6.81. The highest BCUT2D eigenvalue weighted by atomic mass is 35.5. The van der Waals surface area contributed by atoms with Crippen LogP contribution in [-0.2, 0) is 4.74 Å². The number of halogens is 2. The molecule has 0 saturated carbocycles. The minimum absolute atomic E-state index is 0.114. The molecule has 4 atom stereocenters. The van der Waals surface area contributed by atoms with Gasteiger partial charge in [0.25, 0.3) is 0 Å². The Morgan fingerprint density at radius 2 is 2.07 bits per heavy atom. The lowest BCUT2D eigenvalue weighted by Gasteiger charge is -2.36. The largest absolute Gasteiger partial charge is 0.389 e. The molecule has 3 saturated heterocycles. The monoisotopic (exact) mass is 637 g/mol. The van der Waals surface area contributed by atoms with E-state index in [0.717, 1.165) is 72.6 Å². The Bertz CT molecular complexity index is 1890. The number of aromatic nitrogens is 2. The summed E-state index contributed by atoms with van der Waals surface area (Å²) >= 11 is 9.82. The average Bonchev–Trinajstić information content (AvgIpc) is 3.73. The van der Waals surface area contributed by atoms with Crippen molar-refractivity contribution in [2.75, 3.05) is 49.2 Å². The lowest BCUT2D eigenvalue weighted by atomic mass is 9.97. The Hall–Kier alpha value is -2.92. The molecule has 13 heteroatoms. The first-order chi connectivity index (χ1) is 20.9. The zero-order valence-corrected chi connectivity index (χ0v) is 25.5. The van der Waals surface area contributed by atoms with Crippen LogP contribution in [0.5, 0.6) is 0 Å². The standard InChI is InChI=1S/C30H29ClFN7O2S2/c31-21-7-19-25-27(24(21)18-3-4-22(32)26-23(18)20(8-33)28(34)43-26)42-13-16(12-41-17-5-6-35-9-17)39(25)30(40)37-29(19)38-10-14-1-2-15(11-38)36-14/h3-4,7,14-17,35-36H,1-2,5-6,9-13,34H2/t14?,15?,16-,17?/m0/s1. The Balaban J connectivity index is 1.36. The maximum absolute atomic E-state index is 15.0. The predicted molar refractivity (Wildman–Crippen MR) is 170 cm³/mol. The predicted octanol–water partition coefficient (Wildman–Crippen LogP) is 4.49. The minimum Gasteiger partial charge on any atom is -0.389 e. The van der Waals surface area contributed by atoms with Crippen molar-refractivity contribution in [1.82, 2.24) is 20.2 Å². The first kappa shape index (κ1) is 27.6. The molecule has 3 fully saturated rings.